The second-order valence-electron chi connectivity index (χ2n) is 6.29. The van der Waals surface area contributed by atoms with E-state index in [0.29, 0.717) is 31.5 Å². The number of nitrogens with zero attached hydrogens (tertiary/aromatic N) is 2. The van der Waals surface area contributed by atoms with E-state index in [1.165, 1.54) is 17.7 Å². The average Bonchev–Trinajstić information content (AvgIpc) is 3.30. The van der Waals surface area contributed by atoms with E-state index in [1.807, 2.05) is 0 Å². The molecule has 1 saturated carbocycles. The lowest BCUT2D eigenvalue weighted by Crippen LogP contribution is -2.54. The van der Waals surface area contributed by atoms with Gasteiger partial charge >= 0.3 is 12.0 Å². The Morgan fingerprint density at radius 2 is 2.05 bits per heavy atom. The van der Waals surface area contributed by atoms with Gasteiger partial charge in [0.05, 0.1) is 0 Å². The minimum absolute atomic E-state index is 0.235. The van der Waals surface area contributed by atoms with Gasteiger partial charge < -0.3 is 20.2 Å². The molecule has 2 aliphatic rings. The van der Waals surface area contributed by atoms with Crippen molar-refractivity contribution >= 4 is 12.0 Å². The molecule has 0 bridgehead atoms. The van der Waals surface area contributed by atoms with Crippen LogP contribution in [0.1, 0.15) is 39.0 Å². The maximum Gasteiger partial charge on any atom is 0.326 e. The Hall–Kier alpha value is -1.30. The molecular formula is C15H27N3O3. The van der Waals surface area contributed by atoms with Crippen molar-refractivity contribution in [3.63, 3.8) is 0 Å². The number of carboxylic acid groups (broad SMARTS) is 1. The molecule has 1 aliphatic heterocycles. The lowest BCUT2D eigenvalue weighted by atomic mass is 9.89. The van der Waals surface area contributed by atoms with Gasteiger partial charge in [-0.1, -0.05) is 13.3 Å². The zero-order valence-electron chi connectivity index (χ0n) is 13.0. The summed E-state index contributed by atoms with van der Waals surface area (Å²) in [5.41, 5.74) is 0. The van der Waals surface area contributed by atoms with Crippen LogP contribution in [0.3, 0.4) is 0 Å². The predicted molar refractivity (Wildman–Crippen MR) is 80.2 cm³/mol. The molecule has 0 aromatic heterocycles. The summed E-state index contributed by atoms with van der Waals surface area (Å²) in [5, 5.41) is 12.2. The van der Waals surface area contributed by atoms with Crippen LogP contribution in [-0.2, 0) is 4.79 Å². The number of hydrogen-bond acceptors (Lipinski definition) is 3. The summed E-state index contributed by atoms with van der Waals surface area (Å²) in [7, 11) is 2.07. The van der Waals surface area contributed by atoms with E-state index >= 15 is 0 Å². The second-order valence-corrected chi connectivity index (χ2v) is 6.29. The molecule has 2 fully saturated rings. The van der Waals surface area contributed by atoms with Crippen molar-refractivity contribution in [1.82, 2.24) is 15.1 Å². The van der Waals surface area contributed by atoms with Crippen LogP contribution in [0.4, 0.5) is 4.79 Å². The van der Waals surface area contributed by atoms with Gasteiger partial charge in [-0.15, -0.1) is 0 Å². The summed E-state index contributed by atoms with van der Waals surface area (Å²) in [4.78, 5) is 27.3. The van der Waals surface area contributed by atoms with Crippen molar-refractivity contribution in [3.8, 4) is 0 Å². The largest absolute Gasteiger partial charge is 0.480 e. The van der Waals surface area contributed by atoms with Gasteiger partial charge in [-0.3, -0.25) is 0 Å². The van der Waals surface area contributed by atoms with Crippen LogP contribution >= 0.6 is 0 Å². The first-order valence-corrected chi connectivity index (χ1v) is 8.00. The van der Waals surface area contributed by atoms with Crippen LogP contribution in [0.25, 0.3) is 0 Å². The molecule has 2 unspecified atom stereocenters. The summed E-state index contributed by atoms with van der Waals surface area (Å²) in [6.07, 6.45) is 4.94. The van der Waals surface area contributed by atoms with Crippen LogP contribution in [-0.4, -0.2) is 65.7 Å². The van der Waals surface area contributed by atoms with E-state index < -0.39 is 12.0 Å². The first kappa shape index (κ1) is 16.1. The summed E-state index contributed by atoms with van der Waals surface area (Å²) in [6.45, 7) is 4.01. The number of nitrogens with one attached hydrogen (secondary N) is 1. The highest BCUT2D eigenvalue weighted by Gasteiger charge is 2.35. The number of rotatable bonds is 6. The predicted octanol–water partition coefficient (Wildman–Crippen LogP) is 1.37. The molecule has 1 saturated heterocycles. The van der Waals surface area contributed by atoms with Gasteiger partial charge in [-0.25, -0.2) is 9.59 Å². The van der Waals surface area contributed by atoms with Crippen molar-refractivity contribution in [1.29, 1.82) is 0 Å². The third-order valence-electron chi connectivity index (χ3n) is 4.75. The van der Waals surface area contributed by atoms with Gasteiger partial charge in [-0.05, 0) is 38.6 Å². The van der Waals surface area contributed by atoms with Crippen molar-refractivity contribution in [3.05, 3.63) is 0 Å². The van der Waals surface area contributed by atoms with E-state index in [2.05, 4.69) is 24.2 Å². The fourth-order valence-electron chi connectivity index (χ4n) is 3.02. The molecular weight excluding hydrogens is 270 g/mol. The van der Waals surface area contributed by atoms with Crippen molar-refractivity contribution in [2.24, 2.45) is 5.92 Å². The monoisotopic (exact) mass is 297 g/mol. The lowest BCUT2D eigenvalue weighted by molar-refractivity contribution is -0.144. The molecule has 2 atom stereocenters. The van der Waals surface area contributed by atoms with E-state index in [1.54, 1.807) is 0 Å². The second kappa shape index (κ2) is 7.11. The molecule has 6 nitrogen and oxygen atoms in total. The Labute approximate surface area is 126 Å². The molecule has 2 N–H and O–H groups in total. The number of likely N-dealkylation sites (tertiary alicyclic amines) is 1. The number of carboxylic acids is 1. The number of likely N-dealkylation sites (N-methyl/N-ethyl adjacent to an activating group) is 1. The molecule has 1 aliphatic carbocycles. The molecule has 0 aromatic rings. The summed E-state index contributed by atoms with van der Waals surface area (Å²) < 4.78 is 0. The van der Waals surface area contributed by atoms with Gasteiger partial charge in [0, 0.05) is 25.7 Å². The standard InChI is InChI=1S/C15H27N3O3/c1-3-11-6-8-18(13(10-11)14(19)20)15(21)16-7-9-17(2)12-4-5-12/h11-13H,3-10H2,1-2H3,(H,16,21)(H,19,20). The van der Waals surface area contributed by atoms with E-state index in [0.717, 1.165) is 19.4 Å². The van der Waals surface area contributed by atoms with Gasteiger partial charge in [0.2, 0.25) is 0 Å². The molecule has 0 aromatic carbocycles. The lowest BCUT2D eigenvalue weighted by Gasteiger charge is -2.37. The van der Waals surface area contributed by atoms with Crippen LogP contribution in [0.15, 0.2) is 0 Å². The first-order chi connectivity index (χ1) is 10.0. The van der Waals surface area contributed by atoms with E-state index in [4.69, 9.17) is 0 Å². The van der Waals surface area contributed by atoms with Crippen LogP contribution in [0, 0.1) is 5.92 Å². The topological polar surface area (TPSA) is 72.9 Å². The molecule has 21 heavy (non-hydrogen) atoms. The number of carbonyl (C=O) groups is 2. The van der Waals surface area contributed by atoms with Crippen LogP contribution < -0.4 is 5.32 Å². The fraction of sp³-hybridized carbons (Fsp3) is 0.867. The number of hydrogen-bond donors (Lipinski definition) is 2. The van der Waals surface area contributed by atoms with Crippen molar-refractivity contribution in [2.75, 3.05) is 26.7 Å². The molecule has 2 amide bonds. The van der Waals surface area contributed by atoms with E-state index in [9.17, 15) is 14.7 Å². The number of urea groups is 1. The summed E-state index contributed by atoms with van der Waals surface area (Å²) in [5.74, 6) is -0.477. The Morgan fingerprint density at radius 1 is 1.33 bits per heavy atom. The maximum atomic E-state index is 12.2. The summed E-state index contributed by atoms with van der Waals surface area (Å²) >= 11 is 0. The quantitative estimate of drug-likeness (QED) is 0.776. The Kier molecular flexibility index (Phi) is 5.45. The third-order valence-corrected chi connectivity index (χ3v) is 4.75. The van der Waals surface area contributed by atoms with Crippen molar-refractivity contribution in [2.45, 2.75) is 51.1 Å². The number of aliphatic carboxylic acids is 1. The Morgan fingerprint density at radius 3 is 2.62 bits per heavy atom. The number of amides is 2. The average molecular weight is 297 g/mol. The highest BCUT2D eigenvalue weighted by Crippen LogP contribution is 2.26. The fourth-order valence-corrected chi connectivity index (χ4v) is 3.02. The zero-order chi connectivity index (χ0) is 15.4. The van der Waals surface area contributed by atoms with Crippen LogP contribution in [0.2, 0.25) is 0 Å². The zero-order valence-corrected chi connectivity index (χ0v) is 13.0. The minimum atomic E-state index is -0.890. The highest BCUT2D eigenvalue weighted by atomic mass is 16.4. The van der Waals surface area contributed by atoms with Gasteiger partial charge in [0.25, 0.3) is 0 Å². The molecule has 0 radical (unpaired) electrons. The van der Waals surface area contributed by atoms with Gasteiger partial charge in [-0.2, -0.15) is 0 Å². The SMILES string of the molecule is CCC1CCN(C(=O)NCCN(C)C2CC2)C(C(=O)O)C1. The molecule has 0 spiro atoms. The molecule has 120 valence electrons. The van der Waals surface area contributed by atoms with E-state index in [-0.39, 0.29) is 6.03 Å². The van der Waals surface area contributed by atoms with Crippen LogP contribution in [0.5, 0.6) is 0 Å². The summed E-state index contributed by atoms with van der Waals surface area (Å²) in [6, 6.07) is -0.236. The Bertz CT molecular complexity index is 384. The van der Waals surface area contributed by atoms with Gasteiger partial charge in [0.1, 0.15) is 6.04 Å². The smallest absolute Gasteiger partial charge is 0.326 e. The molecule has 1 heterocycles. The first-order valence-electron chi connectivity index (χ1n) is 8.00. The number of carbonyl (C=O) groups excluding carboxylic acids is 1. The van der Waals surface area contributed by atoms with Gasteiger partial charge in [0.15, 0.2) is 0 Å². The molecule has 2 rings (SSSR count). The maximum absolute atomic E-state index is 12.2. The molecule has 6 heteroatoms. The third kappa shape index (κ3) is 4.33. The van der Waals surface area contributed by atoms with Crippen molar-refractivity contribution < 1.29 is 14.7 Å². The Balaban J connectivity index is 1.80. The number of piperidine rings is 1. The normalized spacial score (nSPS) is 26.0. The minimum Gasteiger partial charge on any atom is -0.480 e. The highest BCUT2D eigenvalue weighted by molar-refractivity contribution is 5.82.